The standard InChI is InChI=1S/C43H63N5O6Si.C42H60N4O7Si/c1-26(2)55(27(3)4,28(5)6)54-34-19-31-18-33(21-34)32-15-16-35-36(30(8)44-12)24-47(39(35)22-32)23-29(7)25-52-41(50)37-14-13-17-48(46-37)40(49)38(20-31)45-42(51)53-43(9,10)11;1-25(2)54(26(3)4,27(5)6)53-33-18-30-17-32(20-33)31-14-15-34-35(29(8)47)23-45(38(34)21-31)22-28(7)24-51-40(49)36-13-12-16-46(44-36)39(48)37(19-30)43-41(50)52-42(9,10)11/h15-16,18-19,21-22,24,26-29,37-38,46H,13-14,17,20,23,25H2,1-12H3,(H,45,51);14-15,17-18,20-21,23,25-28,36-37,44H,12-13,16,19,22,24H2,1-11H3,(H,43,50)/t29-,37-,38-;28-,36-,37-/m00/s1. The number of hydrogen-bond donors (Lipinski definition) is 4. The number of alkyl carbamates (subject to hydrolysis) is 2. The van der Waals surface area contributed by atoms with Crippen LogP contribution in [0.25, 0.3) is 44.1 Å². The number of aliphatic imine (C=N–C) groups is 1. The van der Waals surface area contributed by atoms with Crippen LogP contribution in [0.4, 0.5) is 9.59 Å². The molecule has 2 saturated heterocycles. The third-order valence-corrected chi connectivity index (χ3v) is 33.8. The number of benzene rings is 4. The summed E-state index contributed by atoms with van der Waals surface area (Å²) in [7, 11) is -2.99. The second-order valence-corrected chi connectivity index (χ2v) is 45.4. The quantitative estimate of drug-likeness (QED) is 0.0260. The molecule has 0 radical (unpaired) electrons. The molecule has 6 atom stereocenters. The number of esters is 2. The van der Waals surface area contributed by atoms with Gasteiger partial charge in [-0.2, -0.15) is 0 Å². The van der Waals surface area contributed by atoms with Crippen molar-refractivity contribution in [1.82, 2.24) is 40.6 Å². The molecule has 6 aromatic rings. The van der Waals surface area contributed by atoms with Gasteiger partial charge in [0.25, 0.3) is 28.4 Å². The van der Waals surface area contributed by atoms with Gasteiger partial charge in [0, 0.05) is 109 Å². The third-order valence-electron chi connectivity index (χ3n) is 21.8. The number of amides is 4. The first kappa shape index (κ1) is 84.7. The Labute approximate surface area is 648 Å². The first-order valence-electron chi connectivity index (χ1n) is 39.5. The number of carbonyl (C=O) groups excluding carboxylic acids is 7. The number of fused-ring (bicyclic) bond motifs is 12. The van der Waals surface area contributed by atoms with Crippen molar-refractivity contribution >= 4 is 85.9 Å². The van der Waals surface area contributed by atoms with Gasteiger partial charge in [0.05, 0.1) is 13.2 Å². The zero-order valence-corrected chi connectivity index (χ0v) is 71.0. The molecule has 109 heavy (non-hydrogen) atoms. The average Bonchev–Trinajstić information content (AvgIpc) is 1.52. The summed E-state index contributed by atoms with van der Waals surface area (Å²) >= 11 is 0. The van der Waals surface area contributed by atoms with E-state index in [1.165, 1.54) is 10.0 Å². The average molecular weight is 1540 g/mol. The molecule has 4 N–H and O–H groups in total. The highest BCUT2D eigenvalue weighted by molar-refractivity contribution is 6.78. The number of rotatable bonds is 14. The van der Waals surface area contributed by atoms with Gasteiger partial charge in [0.1, 0.15) is 46.9 Å². The van der Waals surface area contributed by atoms with E-state index in [1.807, 2.05) is 50.4 Å². The maximum atomic E-state index is 14.4. The van der Waals surface area contributed by atoms with Crippen molar-refractivity contribution in [2.75, 3.05) is 33.4 Å². The van der Waals surface area contributed by atoms with Crippen LogP contribution in [0.15, 0.2) is 90.2 Å². The molecule has 4 aliphatic heterocycles. The van der Waals surface area contributed by atoms with Gasteiger partial charge in [0.15, 0.2) is 5.78 Å². The summed E-state index contributed by atoms with van der Waals surface area (Å²) < 4.78 is 41.8. The van der Waals surface area contributed by atoms with Crippen LogP contribution in [-0.4, -0.2) is 152 Å². The molecule has 22 nitrogen and oxygen atoms in total. The van der Waals surface area contributed by atoms with Crippen LogP contribution in [0.1, 0.15) is 205 Å². The van der Waals surface area contributed by atoms with E-state index in [0.717, 1.165) is 78.0 Å². The number of ketones is 1. The molecule has 4 aromatic carbocycles. The van der Waals surface area contributed by atoms with E-state index >= 15 is 0 Å². The van der Waals surface area contributed by atoms with E-state index in [4.69, 9.17) is 27.8 Å². The summed E-state index contributed by atoms with van der Waals surface area (Å²) in [5.74, 6) is -0.209. The summed E-state index contributed by atoms with van der Waals surface area (Å²) in [6.07, 6.45) is 5.15. The minimum Gasteiger partial charge on any atom is -0.543 e. The van der Waals surface area contributed by atoms with E-state index in [-0.39, 0.29) is 55.5 Å². The van der Waals surface area contributed by atoms with Gasteiger partial charge in [-0.15, -0.1) is 0 Å². The van der Waals surface area contributed by atoms with Crippen molar-refractivity contribution in [2.45, 2.75) is 273 Å². The molecule has 4 amide bonds. The van der Waals surface area contributed by atoms with Gasteiger partial charge >= 0.3 is 24.1 Å². The maximum Gasteiger partial charge on any atom is 0.408 e. The van der Waals surface area contributed by atoms with Gasteiger partial charge in [-0.3, -0.25) is 39.0 Å². The summed E-state index contributed by atoms with van der Waals surface area (Å²) in [6.45, 7) is 47.7. The molecule has 0 saturated carbocycles. The Hall–Kier alpha value is -8.33. The fourth-order valence-corrected chi connectivity index (χ4v) is 27.3. The molecule has 594 valence electrons. The highest BCUT2D eigenvalue weighted by atomic mass is 28.4. The molecule has 0 aliphatic carbocycles. The highest BCUT2D eigenvalue weighted by Gasteiger charge is 2.49. The largest absolute Gasteiger partial charge is 0.543 e. The molecule has 24 heteroatoms. The molecular formula is C85H123N9O13Si2. The first-order chi connectivity index (χ1) is 51.1. The summed E-state index contributed by atoms with van der Waals surface area (Å²) in [6, 6.07) is 21.5. The van der Waals surface area contributed by atoms with Gasteiger partial charge in [-0.05, 0) is 184 Å². The molecular weight excluding hydrogens is 1410 g/mol. The zero-order chi connectivity index (χ0) is 80.1. The van der Waals surface area contributed by atoms with Crippen LogP contribution >= 0.6 is 0 Å². The molecule has 6 heterocycles. The van der Waals surface area contributed by atoms with Gasteiger partial charge < -0.3 is 47.6 Å². The van der Waals surface area contributed by atoms with Crippen molar-refractivity contribution in [3.05, 3.63) is 107 Å². The lowest BCUT2D eigenvalue weighted by Crippen LogP contribution is -2.60. The van der Waals surface area contributed by atoms with E-state index in [1.54, 1.807) is 55.5 Å². The monoisotopic (exact) mass is 1530 g/mol. The van der Waals surface area contributed by atoms with Crippen molar-refractivity contribution in [2.24, 2.45) is 16.8 Å². The summed E-state index contributed by atoms with van der Waals surface area (Å²) in [5, 5.41) is 10.6. The number of carbonyl (C=O) groups is 7. The third kappa shape index (κ3) is 20.1. The SMILES string of the molecule is CC(=O)c1cn2c3cc(ccc13)-c1cc(cc(O[Si](C(C)C)(C(C)C)C(C)C)c1)C[C@H](NC(=O)OC(C)(C)C)C(=O)N1CCC[C@H](N1)C(=O)OC[C@@H](C)C2.CN=C(C)c1cn2c3cc(ccc13)-c1cc(cc(O[Si](C(C)C)(C(C)C)C(C)C)c1)C[C@H](NC(=O)OC(C)(C)C)C(=O)N1CCC[C@H](N1)C(=O)OC[C@@H](C)C2. The number of cyclic esters (lactones) is 2. The highest BCUT2D eigenvalue weighted by Crippen LogP contribution is 2.46. The van der Waals surface area contributed by atoms with Gasteiger partial charge in [0.2, 0.25) is 0 Å². The minimum atomic E-state index is -2.41. The van der Waals surface area contributed by atoms with Crippen LogP contribution in [0.5, 0.6) is 11.5 Å². The number of nitrogens with zero attached hydrogens (tertiary/aromatic N) is 5. The van der Waals surface area contributed by atoms with Gasteiger partial charge in [-0.1, -0.05) is 133 Å². The minimum absolute atomic E-state index is 0.00191. The number of Topliss-reactive ketones (excluding diaryl/α,β-unsaturated/α-hetero) is 1. The molecule has 4 aliphatic rings. The van der Waals surface area contributed by atoms with Gasteiger partial charge in [-0.25, -0.2) is 20.4 Å². The van der Waals surface area contributed by atoms with Crippen molar-refractivity contribution in [1.29, 1.82) is 0 Å². The zero-order valence-electron chi connectivity index (χ0n) is 69.0. The number of hydrogen-bond acceptors (Lipinski definition) is 16. The van der Waals surface area contributed by atoms with E-state index in [9.17, 15) is 33.6 Å². The topological polar surface area (TPSA) is 252 Å². The molecule has 2 aromatic heterocycles. The second-order valence-electron chi connectivity index (χ2n) is 34.7. The Morgan fingerprint density at radius 1 is 0.523 bits per heavy atom. The van der Waals surface area contributed by atoms with Crippen LogP contribution in [0, 0.1) is 11.8 Å². The number of ether oxygens (including phenoxy) is 4. The molecule has 0 spiro atoms. The number of aromatic nitrogens is 2. The molecule has 0 unspecified atom stereocenters. The lowest BCUT2D eigenvalue weighted by molar-refractivity contribution is -0.155. The number of hydrazine groups is 2. The Kier molecular flexibility index (Phi) is 27.1. The van der Waals surface area contributed by atoms with Crippen molar-refractivity contribution in [3.63, 3.8) is 0 Å². The van der Waals surface area contributed by atoms with Crippen LogP contribution in [-0.2, 0) is 64.1 Å². The summed E-state index contributed by atoms with van der Waals surface area (Å²) in [4.78, 5) is 99.5. The normalized spacial score (nSPS) is 20.4. The van der Waals surface area contributed by atoms with Crippen LogP contribution in [0.2, 0.25) is 33.2 Å². The maximum absolute atomic E-state index is 14.4. The van der Waals surface area contributed by atoms with Crippen molar-refractivity contribution < 1.29 is 61.4 Å². The lowest BCUT2D eigenvalue weighted by atomic mass is 9.97. The number of nitrogens with one attached hydrogen (secondary N) is 4. The fraction of sp³-hybridized carbons (Fsp3) is 0.576. The Morgan fingerprint density at radius 3 is 1.24 bits per heavy atom. The Balaban J connectivity index is 0.000000251. The van der Waals surface area contributed by atoms with E-state index in [0.29, 0.717) is 90.7 Å². The molecule has 2 fully saturated rings. The smallest absolute Gasteiger partial charge is 0.408 e. The first-order valence-corrected chi connectivity index (χ1v) is 43.7. The Morgan fingerprint density at radius 2 is 0.890 bits per heavy atom. The predicted octanol–water partition coefficient (Wildman–Crippen LogP) is 16.6. The summed E-state index contributed by atoms with van der Waals surface area (Å²) in [5.41, 5.74) is 16.6. The second kappa shape index (κ2) is 34.9. The Bertz CT molecular complexity index is 4290. The molecule has 12 bridgehead atoms. The fourth-order valence-electron chi connectivity index (χ4n) is 16.9. The molecule has 10 rings (SSSR count). The van der Waals surface area contributed by atoms with E-state index in [2.05, 4.69) is 174 Å². The van der Waals surface area contributed by atoms with Crippen LogP contribution < -0.4 is 30.3 Å². The lowest BCUT2D eigenvalue weighted by Gasteiger charge is -2.42. The predicted molar refractivity (Wildman–Crippen MR) is 436 cm³/mol. The van der Waals surface area contributed by atoms with Crippen molar-refractivity contribution in [3.8, 4) is 33.8 Å². The van der Waals surface area contributed by atoms with Crippen LogP contribution in [0.3, 0.4) is 0 Å². The van der Waals surface area contributed by atoms with E-state index < -0.39 is 76.1 Å².